The monoisotopic (exact) mass is 371 g/mol. The highest BCUT2D eigenvalue weighted by Crippen LogP contribution is 2.31. The maximum atomic E-state index is 12.6. The predicted octanol–water partition coefficient (Wildman–Crippen LogP) is 3.56. The lowest BCUT2D eigenvalue weighted by atomic mass is 10.00. The van der Waals surface area contributed by atoms with Gasteiger partial charge in [0, 0.05) is 27.1 Å². The van der Waals surface area contributed by atoms with Crippen LogP contribution < -0.4 is 0 Å². The maximum absolute atomic E-state index is 12.6. The predicted molar refractivity (Wildman–Crippen MR) is 98.7 cm³/mol. The second-order valence-electron chi connectivity index (χ2n) is 6.44. The van der Waals surface area contributed by atoms with Crippen LogP contribution in [0.1, 0.15) is 45.7 Å². The molecule has 134 valence electrons. The van der Waals surface area contributed by atoms with Gasteiger partial charge in [0.05, 0.1) is 17.9 Å². The Balaban J connectivity index is 2.34. The minimum atomic E-state index is -0.994. The van der Waals surface area contributed by atoms with E-state index in [1.165, 1.54) is 0 Å². The van der Waals surface area contributed by atoms with E-state index in [0.717, 1.165) is 12.0 Å². The fourth-order valence-electron chi connectivity index (χ4n) is 3.28. The van der Waals surface area contributed by atoms with E-state index in [0.29, 0.717) is 11.6 Å². The molecule has 0 aliphatic carbocycles. The third-order valence-electron chi connectivity index (χ3n) is 4.53. The van der Waals surface area contributed by atoms with E-state index in [4.69, 9.17) is 16.3 Å². The molecule has 4 nitrogen and oxygen atoms in total. The number of nitrogens with zero attached hydrogens (tertiary/aromatic N) is 1. The molecular formula is C18H26ClNO3S. The van der Waals surface area contributed by atoms with Crippen molar-refractivity contribution in [2.75, 3.05) is 13.2 Å². The first kappa shape index (κ1) is 19.4. The number of carbonyl (C=O) groups is 1. The highest BCUT2D eigenvalue weighted by molar-refractivity contribution is 7.86. The van der Waals surface area contributed by atoms with Gasteiger partial charge in [-0.15, -0.1) is 0 Å². The van der Waals surface area contributed by atoms with Gasteiger partial charge >= 0.3 is 0 Å². The number of hydrogen-bond acceptors (Lipinski definition) is 3. The highest BCUT2D eigenvalue weighted by atomic mass is 35.5. The Kier molecular flexibility index (Phi) is 6.84. The number of rotatable bonds is 6. The molecule has 0 radical (unpaired) electrons. The van der Waals surface area contributed by atoms with Gasteiger partial charge in [0.25, 0.3) is 0 Å². The average Bonchev–Trinajstić information content (AvgIpc) is 2.56. The Morgan fingerprint density at radius 2 is 1.92 bits per heavy atom. The molecular weight excluding hydrogens is 346 g/mol. The molecule has 1 aliphatic heterocycles. The van der Waals surface area contributed by atoms with Gasteiger partial charge in [-0.05, 0) is 31.0 Å². The number of amides is 1. The first-order valence-corrected chi connectivity index (χ1v) is 10.1. The van der Waals surface area contributed by atoms with Gasteiger partial charge in [0.2, 0.25) is 5.91 Å². The van der Waals surface area contributed by atoms with Crippen molar-refractivity contribution in [2.45, 2.75) is 56.7 Å². The standard InChI is InChI=1S/C18H26ClNO3S/c1-5-16(13(4)24(22)12(2)3)20-17(10-23-11-18(20)21)14-6-8-15(19)9-7-14/h6-9,12-13,16-17H,5,10-11H2,1-4H3. The largest absolute Gasteiger partial charge is 0.369 e. The van der Waals surface area contributed by atoms with Crippen LogP contribution in [0.25, 0.3) is 0 Å². The first-order chi connectivity index (χ1) is 11.4. The zero-order valence-electron chi connectivity index (χ0n) is 14.7. The van der Waals surface area contributed by atoms with Crippen LogP contribution in [-0.2, 0) is 20.3 Å². The number of carbonyl (C=O) groups excluding carboxylic acids is 1. The Hall–Kier alpha value is -0.910. The van der Waals surface area contributed by atoms with Gasteiger partial charge < -0.3 is 9.64 Å². The van der Waals surface area contributed by atoms with Crippen molar-refractivity contribution in [3.8, 4) is 0 Å². The molecule has 6 heteroatoms. The summed E-state index contributed by atoms with van der Waals surface area (Å²) in [5, 5.41) is 0.640. The van der Waals surface area contributed by atoms with Crippen LogP contribution in [0.15, 0.2) is 24.3 Å². The molecule has 4 unspecified atom stereocenters. The topological polar surface area (TPSA) is 46.6 Å². The molecule has 1 aliphatic rings. The second-order valence-corrected chi connectivity index (χ2v) is 9.22. The summed E-state index contributed by atoms with van der Waals surface area (Å²) in [6.07, 6.45) is 0.759. The van der Waals surface area contributed by atoms with Crippen LogP contribution in [0, 0.1) is 0 Å². The summed E-state index contributed by atoms with van der Waals surface area (Å²) in [7, 11) is -0.994. The smallest absolute Gasteiger partial charge is 0.249 e. The zero-order chi connectivity index (χ0) is 17.9. The maximum Gasteiger partial charge on any atom is 0.249 e. The SMILES string of the molecule is CCC(C(C)S(=O)C(C)C)N1C(=O)COCC1c1ccc(Cl)cc1. The number of benzene rings is 1. The van der Waals surface area contributed by atoms with Crippen molar-refractivity contribution in [3.05, 3.63) is 34.9 Å². The van der Waals surface area contributed by atoms with E-state index < -0.39 is 10.8 Å². The molecule has 0 saturated carbocycles. The summed E-state index contributed by atoms with van der Waals surface area (Å²) in [5.74, 6) is -0.0411. The van der Waals surface area contributed by atoms with Gasteiger partial charge in [-0.3, -0.25) is 9.00 Å². The second kappa shape index (κ2) is 8.45. The molecule has 0 spiro atoms. The summed E-state index contributed by atoms with van der Waals surface area (Å²) < 4.78 is 18.1. The molecule has 1 aromatic carbocycles. The van der Waals surface area contributed by atoms with Crippen LogP contribution in [-0.4, -0.2) is 44.8 Å². The Morgan fingerprint density at radius 1 is 1.29 bits per heavy atom. The molecule has 0 N–H and O–H groups in total. The molecule has 0 bridgehead atoms. The molecule has 1 amide bonds. The lowest BCUT2D eigenvalue weighted by Crippen LogP contribution is -2.54. The van der Waals surface area contributed by atoms with Crippen molar-refractivity contribution in [1.29, 1.82) is 0 Å². The molecule has 4 atom stereocenters. The van der Waals surface area contributed by atoms with Crippen molar-refractivity contribution in [1.82, 2.24) is 4.90 Å². The van der Waals surface area contributed by atoms with Crippen LogP contribution in [0.3, 0.4) is 0 Å². The summed E-state index contributed by atoms with van der Waals surface area (Å²) in [6.45, 7) is 8.47. The number of morpholine rings is 1. The number of hydrogen-bond donors (Lipinski definition) is 0. The molecule has 1 heterocycles. The summed E-state index contributed by atoms with van der Waals surface area (Å²) >= 11 is 5.98. The third-order valence-corrected chi connectivity index (χ3v) is 6.76. The van der Waals surface area contributed by atoms with E-state index in [-0.39, 0.29) is 35.1 Å². The van der Waals surface area contributed by atoms with E-state index in [1.807, 2.05) is 56.9 Å². The summed E-state index contributed by atoms with van der Waals surface area (Å²) in [4.78, 5) is 14.5. The van der Waals surface area contributed by atoms with Gasteiger partial charge in [-0.25, -0.2) is 0 Å². The quantitative estimate of drug-likeness (QED) is 0.768. The summed E-state index contributed by atoms with van der Waals surface area (Å²) in [5.41, 5.74) is 0.994. The van der Waals surface area contributed by atoms with Gasteiger partial charge in [-0.1, -0.05) is 44.5 Å². The lowest BCUT2D eigenvalue weighted by molar-refractivity contribution is -0.152. The van der Waals surface area contributed by atoms with Crippen LogP contribution in [0.4, 0.5) is 0 Å². The van der Waals surface area contributed by atoms with Crippen LogP contribution in [0.2, 0.25) is 5.02 Å². The Morgan fingerprint density at radius 3 is 2.46 bits per heavy atom. The Bertz CT molecular complexity index is 590. The zero-order valence-corrected chi connectivity index (χ0v) is 16.3. The Labute approximate surface area is 152 Å². The minimum Gasteiger partial charge on any atom is -0.369 e. The number of halogens is 1. The van der Waals surface area contributed by atoms with Crippen molar-refractivity contribution in [2.24, 2.45) is 0 Å². The van der Waals surface area contributed by atoms with E-state index in [2.05, 4.69) is 0 Å². The fourth-order valence-corrected chi connectivity index (χ4v) is 4.90. The molecule has 1 fully saturated rings. The third kappa shape index (κ3) is 4.19. The molecule has 1 saturated heterocycles. The van der Waals surface area contributed by atoms with Gasteiger partial charge in [0.15, 0.2) is 0 Å². The average molecular weight is 372 g/mol. The molecule has 1 aromatic rings. The van der Waals surface area contributed by atoms with E-state index in [1.54, 1.807) is 0 Å². The molecule has 2 rings (SSSR count). The molecule has 24 heavy (non-hydrogen) atoms. The lowest BCUT2D eigenvalue weighted by Gasteiger charge is -2.43. The highest BCUT2D eigenvalue weighted by Gasteiger charge is 2.38. The first-order valence-electron chi connectivity index (χ1n) is 8.40. The van der Waals surface area contributed by atoms with Gasteiger partial charge in [0.1, 0.15) is 6.61 Å². The van der Waals surface area contributed by atoms with Gasteiger partial charge in [-0.2, -0.15) is 0 Å². The van der Waals surface area contributed by atoms with Crippen LogP contribution >= 0.6 is 11.6 Å². The fraction of sp³-hybridized carbons (Fsp3) is 0.611. The minimum absolute atomic E-state index is 0.0411. The van der Waals surface area contributed by atoms with Crippen molar-refractivity contribution < 1.29 is 13.7 Å². The van der Waals surface area contributed by atoms with Crippen molar-refractivity contribution >= 4 is 28.3 Å². The molecule has 0 aromatic heterocycles. The van der Waals surface area contributed by atoms with E-state index >= 15 is 0 Å². The van der Waals surface area contributed by atoms with E-state index in [9.17, 15) is 9.00 Å². The summed E-state index contributed by atoms with van der Waals surface area (Å²) in [6, 6.07) is 7.26. The normalized spacial score (nSPS) is 22.5. The van der Waals surface area contributed by atoms with Crippen LogP contribution in [0.5, 0.6) is 0 Å². The van der Waals surface area contributed by atoms with Crippen molar-refractivity contribution in [3.63, 3.8) is 0 Å². The number of ether oxygens (including phenoxy) is 1.